The lowest BCUT2D eigenvalue weighted by Gasteiger charge is -2.25. The van der Waals surface area contributed by atoms with Crippen LogP contribution in [0.5, 0.6) is 0 Å². The van der Waals surface area contributed by atoms with E-state index in [0.717, 1.165) is 0 Å². The average molecular weight is 299 g/mol. The highest BCUT2D eigenvalue weighted by molar-refractivity contribution is 7.52. The van der Waals surface area contributed by atoms with Crippen molar-refractivity contribution < 1.29 is 17.7 Å². The molecule has 102 valence electrons. The van der Waals surface area contributed by atoms with Gasteiger partial charge in [0.1, 0.15) is 0 Å². The Balaban J connectivity index is 2.95. The minimum Gasteiger partial charge on any atom is -0.342 e. The molecule has 0 fully saturated rings. The number of rotatable bonds is 5. The Morgan fingerprint density at radius 1 is 1.17 bits per heavy atom. The molecule has 0 heterocycles. The molecule has 0 amide bonds. The summed E-state index contributed by atoms with van der Waals surface area (Å²) in [6, 6.07) is 5.61. The fourth-order valence-corrected chi connectivity index (χ4v) is 2.88. The molecule has 0 aliphatic heterocycles. The monoisotopic (exact) mass is 298 g/mol. The summed E-state index contributed by atoms with van der Waals surface area (Å²) >= 11 is 5.67. The second-order valence-electron chi connectivity index (χ2n) is 3.69. The first-order valence-electron chi connectivity index (χ1n) is 5.62. The molecule has 0 aliphatic carbocycles. The number of hydrogen-bond acceptors (Lipinski definition) is 1. The van der Waals surface area contributed by atoms with E-state index >= 15 is 0 Å². The van der Waals surface area contributed by atoms with Gasteiger partial charge in [-0.05, 0) is 30.0 Å². The molecular weight excluding hydrogens is 284 g/mol. The van der Waals surface area contributed by atoms with Gasteiger partial charge in [-0.15, -0.1) is 0 Å². The number of halogens is 4. The first kappa shape index (κ1) is 15.7. The van der Waals surface area contributed by atoms with Gasteiger partial charge in [-0.3, -0.25) is 0 Å². The molecule has 0 bridgehead atoms. The molecule has 0 radical (unpaired) electrons. The molecule has 18 heavy (non-hydrogen) atoms. The number of alkyl halides is 3. The maximum atomic E-state index is 13.0. The minimum atomic E-state index is -4.40. The zero-order chi connectivity index (χ0) is 13.8. The predicted octanol–water partition coefficient (Wildman–Crippen LogP) is 5.40. The van der Waals surface area contributed by atoms with Crippen LogP contribution in [0.15, 0.2) is 24.3 Å². The largest absolute Gasteiger partial charge is 0.419 e. The van der Waals surface area contributed by atoms with Crippen molar-refractivity contribution in [2.45, 2.75) is 26.1 Å². The summed E-state index contributed by atoms with van der Waals surface area (Å²) in [5.41, 5.74) is 0.0984. The lowest BCUT2D eigenvalue weighted by atomic mass is 10.1. The number of hydrogen-bond donors (Lipinski definition) is 0. The summed E-state index contributed by atoms with van der Waals surface area (Å²) < 4.78 is 44.2. The Morgan fingerprint density at radius 3 is 2.06 bits per heavy atom. The van der Waals surface area contributed by atoms with E-state index in [0.29, 0.717) is 17.3 Å². The van der Waals surface area contributed by atoms with E-state index in [9.17, 15) is 13.2 Å². The second-order valence-corrected chi connectivity index (χ2v) is 6.57. The van der Waals surface area contributed by atoms with Crippen LogP contribution in [0.1, 0.15) is 25.5 Å². The summed E-state index contributed by atoms with van der Waals surface area (Å²) in [5.74, 6) is 0. The van der Waals surface area contributed by atoms with Crippen molar-refractivity contribution in [1.82, 2.24) is 0 Å². The number of benzene rings is 1. The van der Waals surface area contributed by atoms with Gasteiger partial charge in [0.05, 0.1) is 0 Å². The fraction of sp³-hybridized carbons (Fsp3) is 0.500. The summed E-state index contributed by atoms with van der Waals surface area (Å²) in [4.78, 5) is 0. The van der Waals surface area contributed by atoms with Crippen LogP contribution >= 0.6 is 19.7 Å². The average Bonchev–Trinajstić information content (AvgIpc) is 2.31. The van der Waals surface area contributed by atoms with E-state index in [1.54, 1.807) is 0 Å². The van der Waals surface area contributed by atoms with Crippen LogP contribution < -0.4 is 0 Å². The van der Waals surface area contributed by atoms with Crippen LogP contribution in [0, 0.1) is 0 Å². The van der Waals surface area contributed by atoms with E-state index in [1.807, 2.05) is 13.8 Å². The van der Waals surface area contributed by atoms with Gasteiger partial charge in [0.2, 0.25) is 0 Å². The van der Waals surface area contributed by atoms with Gasteiger partial charge >= 0.3 is 6.18 Å². The Labute approximate surface area is 111 Å². The Bertz CT molecular complexity index is 363. The lowest BCUT2D eigenvalue weighted by Crippen LogP contribution is -2.22. The SMILES string of the molecule is CCP(CC)OC(c1ccc(Cl)cc1)C(F)(F)F. The van der Waals surface area contributed by atoms with Gasteiger partial charge in [-0.1, -0.05) is 37.6 Å². The van der Waals surface area contributed by atoms with Gasteiger partial charge in [0, 0.05) is 13.2 Å². The van der Waals surface area contributed by atoms with Gasteiger partial charge < -0.3 is 4.52 Å². The summed E-state index contributed by atoms with van der Waals surface area (Å²) in [7, 11) is -1.04. The zero-order valence-electron chi connectivity index (χ0n) is 10.2. The minimum absolute atomic E-state index is 0.0984. The first-order chi connectivity index (χ1) is 8.38. The molecule has 0 N–H and O–H groups in total. The molecule has 0 spiro atoms. The molecule has 1 rings (SSSR count). The molecule has 1 nitrogen and oxygen atoms in total. The van der Waals surface area contributed by atoms with E-state index < -0.39 is 20.4 Å². The van der Waals surface area contributed by atoms with Crippen molar-refractivity contribution in [2.24, 2.45) is 0 Å². The highest BCUT2D eigenvalue weighted by Crippen LogP contribution is 2.47. The van der Waals surface area contributed by atoms with Crippen LogP contribution in [-0.2, 0) is 4.52 Å². The molecular formula is C12H15ClF3OP. The van der Waals surface area contributed by atoms with Crippen molar-refractivity contribution in [2.75, 3.05) is 12.3 Å². The third-order valence-electron chi connectivity index (χ3n) is 2.43. The smallest absolute Gasteiger partial charge is 0.342 e. The van der Waals surface area contributed by atoms with Crippen LogP contribution in [0.3, 0.4) is 0 Å². The molecule has 1 unspecified atom stereocenters. The molecule has 0 saturated carbocycles. The third-order valence-corrected chi connectivity index (χ3v) is 4.60. The van der Waals surface area contributed by atoms with Crippen molar-refractivity contribution in [3.05, 3.63) is 34.9 Å². The highest BCUT2D eigenvalue weighted by atomic mass is 35.5. The van der Waals surface area contributed by atoms with E-state index in [-0.39, 0.29) is 5.56 Å². The summed E-state index contributed by atoms with van der Waals surface area (Å²) in [6.07, 6.45) is -5.03. The molecule has 6 heteroatoms. The Kier molecular flexibility index (Phi) is 5.90. The summed E-state index contributed by atoms with van der Waals surface area (Å²) in [5, 5.41) is 0.410. The van der Waals surface area contributed by atoms with Crippen LogP contribution in [0.2, 0.25) is 5.02 Å². The standard InChI is InChI=1S/C12H15ClF3OP/c1-3-18(4-2)17-11(12(14,15)16)9-5-7-10(13)8-6-9/h5-8,11H,3-4H2,1-2H3. The van der Waals surface area contributed by atoms with Gasteiger partial charge in [-0.25, -0.2) is 0 Å². The Hall–Kier alpha value is -0.310. The van der Waals surface area contributed by atoms with Gasteiger partial charge in [0.25, 0.3) is 0 Å². The summed E-state index contributed by atoms with van der Waals surface area (Å²) in [6.45, 7) is 3.68. The molecule has 1 aromatic rings. The van der Waals surface area contributed by atoms with Gasteiger partial charge in [-0.2, -0.15) is 13.2 Å². The van der Waals surface area contributed by atoms with E-state index in [4.69, 9.17) is 16.1 Å². The molecule has 0 aliphatic rings. The Morgan fingerprint density at radius 2 is 1.67 bits per heavy atom. The normalized spacial score (nSPS) is 13.9. The van der Waals surface area contributed by atoms with Crippen LogP contribution in [0.4, 0.5) is 13.2 Å². The van der Waals surface area contributed by atoms with Crippen molar-refractivity contribution in [1.29, 1.82) is 0 Å². The fourth-order valence-electron chi connectivity index (χ4n) is 1.47. The molecule has 0 saturated heterocycles. The van der Waals surface area contributed by atoms with Crippen LogP contribution in [-0.4, -0.2) is 18.5 Å². The molecule has 1 aromatic carbocycles. The van der Waals surface area contributed by atoms with Crippen molar-refractivity contribution in [3.63, 3.8) is 0 Å². The highest BCUT2D eigenvalue weighted by Gasteiger charge is 2.43. The van der Waals surface area contributed by atoms with Gasteiger partial charge in [0.15, 0.2) is 6.10 Å². The first-order valence-corrected chi connectivity index (χ1v) is 7.63. The predicted molar refractivity (Wildman–Crippen MR) is 69.3 cm³/mol. The second kappa shape index (κ2) is 6.74. The lowest BCUT2D eigenvalue weighted by molar-refractivity contribution is -0.196. The molecule has 0 aromatic heterocycles. The topological polar surface area (TPSA) is 9.23 Å². The third kappa shape index (κ3) is 4.42. The molecule has 1 atom stereocenters. The maximum Gasteiger partial charge on any atom is 0.419 e. The van der Waals surface area contributed by atoms with E-state index in [1.165, 1.54) is 24.3 Å². The van der Waals surface area contributed by atoms with E-state index in [2.05, 4.69) is 0 Å². The zero-order valence-corrected chi connectivity index (χ0v) is 11.8. The van der Waals surface area contributed by atoms with Crippen LogP contribution in [0.25, 0.3) is 0 Å². The van der Waals surface area contributed by atoms with Crippen molar-refractivity contribution in [3.8, 4) is 0 Å². The van der Waals surface area contributed by atoms with Crippen molar-refractivity contribution >= 4 is 19.7 Å². The quantitative estimate of drug-likeness (QED) is 0.662. The maximum absolute atomic E-state index is 13.0.